The molecule has 15 heavy (non-hydrogen) atoms. The normalized spacial score (nSPS) is 10.3. The number of hydrogen-bond acceptors (Lipinski definition) is 4. The Bertz CT molecular complexity index is 311. The minimum absolute atomic E-state index is 0.0274. The molecule has 0 saturated heterocycles. The lowest BCUT2D eigenvalue weighted by molar-refractivity contribution is -0.115. The van der Waals surface area contributed by atoms with Crippen molar-refractivity contribution in [2.24, 2.45) is 0 Å². The first-order chi connectivity index (χ1) is 7.22. The van der Waals surface area contributed by atoms with E-state index in [1.165, 1.54) is 11.3 Å². The summed E-state index contributed by atoms with van der Waals surface area (Å²) in [5.41, 5.74) is 0.939. The van der Waals surface area contributed by atoms with Gasteiger partial charge in [0.2, 0.25) is 5.91 Å². The molecular formula is C10H17N3OS. The number of nitrogens with zero attached hydrogens (tertiary/aromatic N) is 1. The summed E-state index contributed by atoms with van der Waals surface area (Å²) in [4.78, 5) is 15.5. The molecule has 0 spiro atoms. The lowest BCUT2D eigenvalue weighted by Crippen LogP contribution is -2.28. The third kappa shape index (κ3) is 4.90. The molecule has 1 aromatic rings. The van der Waals surface area contributed by atoms with E-state index in [1.807, 2.05) is 12.3 Å². The van der Waals surface area contributed by atoms with Gasteiger partial charge in [-0.05, 0) is 19.9 Å². The van der Waals surface area contributed by atoms with Crippen LogP contribution >= 0.6 is 11.3 Å². The number of carbonyl (C=O) groups excluding carboxylic acids is 1. The first-order valence-corrected chi connectivity index (χ1v) is 6.03. The molecule has 4 nitrogen and oxygen atoms in total. The van der Waals surface area contributed by atoms with Crippen molar-refractivity contribution in [2.75, 3.05) is 18.4 Å². The Kier molecular flexibility index (Phi) is 5.28. The Morgan fingerprint density at radius 3 is 3.00 bits per heavy atom. The van der Waals surface area contributed by atoms with Gasteiger partial charge < -0.3 is 10.6 Å². The number of anilines is 1. The summed E-state index contributed by atoms with van der Waals surface area (Å²) >= 11 is 1.45. The largest absolute Gasteiger partial charge is 0.308 e. The van der Waals surface area contributed by atoms with E-state index in [-0.39, 0.29) is 5.91 Å². The van der Waals surface area contributed by atoms with Crippen molar-refractivity contribution in [3.05, 3.63) is 11.1 Å². The second-order valence-electron chi connectivity index (χ2n) is 3.37. The van der Waals surface area contributed by atoms with Crippen LogP contribution in [0.15, 0.2) is 5.38 Å². The van der Waals surface area contributed by atoms with Crippen LogP contribution < -0.4 is 10.6 Å². The monoisotopic (exact) mass is 227 g/mol. The minimum Gasteiger partial charge on any atom is -0.308 e. The van der Waals surface area contributed by atoms with Crippen molar-refractivity contribution in [2.45, 2.75) is 26.7 Å². The predicted octanol–water partition coefficient (Wildman–Crippen LogP) is 1.78. The SMILES string of the molecule is CCCCNCC(=O)Nc1nc(C)cs1. The topological polar surface area (TPSA) is 54.0 Å². The zero-order chi connectivity index (χ0) is 11.1. The Morgan fingerprint density at radius 2 is 2.40 bits per heavy atom. The van der Waals surface area contributed by atoms with Crippen LogP contribution in [0, 0.1) is 6.92 Å². The Morgan fingerprint density at radius 1 is 1.60 bits per heavy atom. The second kappa shape index (κ2) is 6.53. The molecule has 1 aromatic heterocycles. The van der Waals surface area contributed by atoms with Crippen molar-refractivity contribution in [1.29, 1.82) is 0 Å². The zero-order valence-electron chi connectivity index (χ0n) is 9.17. The van der Waals surface area contributed by atoms with Crippen LogP contribution in [-0.2, 0) is 4.79 Å². The highest BCUT2D eigenvalue weighted by molar-refractivity contribution is 7.13. The summed E-state index contributed by atoms with van der Waals surface area (Å²) in [5.74, 6) is -0.0274. The van der Waals surface area contributed by atoms with Gasteiger partial charge in [0, 0.05) is 5.38 Å². The standard InChI is InChI=1S/C10H17N3OS/c1-3-4-5-11-6-9(14)13-10-12-8(2)7-15-10/h7,11H,3-6H2,1-2H3,(H,12,13,14). The fourth-order valence-electron chi connectivity index (χ4n) is 1.08. The summed E-state index contributed by atoms with van der Waals surface area (Å²) in [7, 11) is 0. The average Bonchev–Trinajstić information content (AvgIpc) is 2.59. The van der Waals surface area contributed by atoms with E-state index >= 15 is 0 Å². The number of aromatic nitrogens is 1. The number of amides is 1. The van der Waals surface area contributed by atoms with Gasteiger partial charge in [0.05, 0.1) is 12.2 Å². The molecular weight excluding hydrogens is 210 g/mol. The molecule has 0 fully saturated rings. The van der Waals surface area contributed by atoms with Gasteiger partial charge in [-0.15, -0.1) is 11.3 Å². The maximum absolute atomic E-state index is 11.4. The lowest BCUT2D eigenvalue weighted by Gasteiger charge is -2.03. The van der Waals surface area contributed by atoms with Gasteiger partial charge in [-0.25, -0.2) is 4.98 Å². The Labute approximate surface area is 94.1 Å². The van der Waals surface area contributed by atoms with Gasteiger partial charge in [0.15, 0.2) is 5.13 Å². The van der Waals surface area contributed by atoms with E-state index in [9.17, 15) is 4.79 Å². The van der Waals surface area contributed by atoms with E-state index in [0.717, 1.165) is 25.1 Å². The van der Waals surface area contributed by atoms with Crippen molar-refractivity contribution in [3.8, 4) is 0 Å². The Balaban J connectivity index is 2.18. The summed E-state index contributed by atoms with van der Waals surface area (Å²) in [6.07, 6.45) is 2.24. The second-order valence-corrected chi connectivity index (χ2v) is 4.23. The van der Waals surface area contributed by atoms with Gasteiger partial charge in [0.25, 0.3) is 0 Å². The summed E-state index contributed by atoms with van der Waals surface area (Å²) in [6, 6.07) is 0. The molecule has 0 bridgehead atoms. The summed E-state index contributed by atoms with van der Waals surface area (Å²) < 4.78 is 0. The molecule has 0 aromatic carbocycles. The van der Waals surface area contributed by atoms with Crippen LogP contribution in [0.5, 0.6) is 0 Å². The zero-order valence-corrected chi connectivity index (χ0v) is 9.99. The van der Waals surface area contributed by atoms with E-state index in [0.29, 0.717) is 11.7 Å². The average molecular weight is 227 g/mol. The lowest BCUT2D eigenvalue weighted by atomic mass is 10.3. The smallest absolute Gasteiger partial charge is 0.240 e. The predicted molar refractivity (Wildman–Crippen MR) is 63.3 cm³/mol. The third-order valence-electron chi connectivity index (χ3n) is 1.86. The molecule has 0 atom stereocenters. The summed E-state index contributed by atoms with van der Waals surface area (Å²) in [5, 5.41) is 8.42. The van der Waals surface area contributed by atoms with Gasteiger partial charge >= 0.3 is 0 Å². The molecule has 1 heterocycles. The van der Waals surface area contributed by atoms with Crippen LogP contribution in [0.2, 0.25) is 0 Å². The first kappa shape index (κ1) is 12.1. The first-order valence-electron chi connectivity index (χ1n) is 5.15. The van der Waals surface area contributed by atoms with Crippen LogP contribution in [0.4, 0.5) is 5.13 Å². The van der Waals surface area contributed by atoms with Crippen molar-refractivity contribution >= 4 is 22.4 Å². The third-order valence-corrected chi connectivity index (χ3v) is 2.73. The molecule has 84 valence electrons. The van der Waals surface area contributed by atoms with E-state index in [1.54, 1.807) is 0 Å². The van der Waals surface area contributed by atoms with Crippen LogP contribution in [0.25, 0.3) is 0 Å². The van der Waals surface area contributed by atoms with E-state index in [4.69, 9.17) is 0 Å². The highest BCUT2D eigenvalue weighted by Crippen LogP contribution is 2.13. The number of carbonyl (C=O) groups is 1. The minimum atomic E-state index is -0.0274. The van der Waals surface area contributed by atoms with Crippen LogP contribution in [0.3, 0.4) is 0 Å². The highest BCUT2D eigenvalue weighted by atomic mass is 32.1. The molecule has 1 rings (SSSR count). The van der Waals surface area contributed by atoms with Gasteiger partial charge in [-0.2, -0.15) is 0 Å². The fourth-order valence-corrected chi connectivity index (χ4v) is 1.78. The number of nitrogens with one attached hydrogen (secondary N) is 2. The van der Waals surface area contributed by atoms with Gasteiger partial charge in [-0.1, -0.05) is 13.3 Å². The van der Waals surface area contributed by atoms with Crippen molar-refractivity contribution in [3.63, 3.8) is 0 Å². The quantitative estimate of drug-likeness (QED) is 0.728. The van der Waals surface area contributed by atoms with E-state index in [2.05, 4.69) is 22.5 Å². The number of thiazole rings is 1. The maximum atomic E-state index is 11.4. The molecule has 1 amide bonds. The molecule has 0 aliphatic carbocycles. The maximum Gasteiger partial charge on any atom is 0.240 e. The molecule has 0 radical (unpaired) electrons. The molecule has 0 unspecified atom stereocenters. The molecule has 0 aliphatic heterocycles. The Hall–Kier alpha value is -0.940. The van der Waals surface area contributed by atoms with E-state index < -0.39 is 0 Å². The number of rotatable bonds is 6. The summed E-state index contributed by atoms with van der Waals surface area (Å²) in [6.45, 7) is 5.28. The molecule has 2 N–H and O–H groups in total. The molecule has 0 aliphatic rings. The number of unbranched alkanes of at least 4 members (excludes halogenated alkanes) is 1. The highest BCUT2D eigenvalue weighted by Gasteiger charge is 2.03. The fraction of sp³-hybridized carbons (Fsp3) is 0.600. The van der Waals surface area contributed by atoms with Crippen LogP contribution in [0.1, 0.15) is 25.5 Å². The van der Waals surface area contributed by atoms with Gasteiger partial charge in [0.1, 0.15) is 0 Å². The van der Waals surface area contributed by atoms with Crippen LogP contribution in [-0.4, -0.2) is 24.0 Å². The molecule has 0 saturated carbocycles. The van der Waals surface area contributed by atoms with Crippen molar-refractivity contribution < 1.29 is 4.79 Å². The van der Waals surface area contributed by atoms with Gasteiger partial charge in [-0.3, -0.25) is 4.79 Å². The number of aryl methyl sites for hydroxylation is 1. The van der Waals surface area contributed by atoms with Crippen molar-refractivity contribution in [1.82, 2.24) is 10.3 Å². The molecule has 5 heteroatoms. The number of hydrogen-bond donors (Lipinski definition) is 2.